The number of nitrogens with zero attached hydrogens (tertiary/aromatic N) is 4. The average molecular weight is 595 g/mol. The van der Waals surface area contributed by atoms with Crippen LogP contribution in [-0.4, -0.2) is 49.0 Å². The number of halogens is 4. The van der Waals surface area contributed by atoms with E-state index in [2.05, 4.69) is 25.3 Å². The maximum atomic E-state index is 12.9. The normalized spacial score (nSPS) is 12.0. The number of benzene rings is 1. The van der Waals surface area contributed by atoms with E-state index in [1.807, 2.05) is 24.3 Å². The summed E-state index contributed by atoms with van der Waals surface area (Å²) < 4.78 is 44.0. The van der Waals surface area contributed by atoms with Crippen molar-refractivity contribution in [3.8, 4) is 0 Å². The number of carbonyl (C=O) groups excluding carboxylic acids is 2. The first-order chi connectivity index (χ1) is 18.8. The zero-order valence-corrected chi connectivity index (χ0v) is 23.4. The maximum Gasteiger partial charge on any atom is 0.417 e. The number of fused-ring (bicyclic) bond motifs is 1. The van der Waals surface area contributed by atoms with Gasteiger partial charge in [-0.2, -0.15) is 13.2 Å². The summed E-state index contributed by atoms with van der Waals surface area (Å²) in [4.78, 5) is 42.8. The Hall–Kier alpha value is -3.71. The van der Waals surface area contributed by atoms with Crippen LogP contribution in [0.2, 0.25) is 5.02 Å². The number of imidazole rings is 1. The minimum absolute atomic E-state index is 0.0945. The summed E-state index contributed by atoms with van der Waals surface area (Å²) in [5.74, 6) is 0.0633. The number of rotatable bonds is 8. The third-order valence-electron chi connectivity index (χ3n) is 5.47. The van der Waals surface area contributed by atoms with Crippen LogP contribution in [0.3, 0.4) is 0 Å². The largest absolute Gasteiger partial charge is 0.444 e. The molecule has 212 valence electrons. The number of thiazole rings is 1. The number of aromatic nitrogens is 4. The van der Waals surface area contributed by atoms with Gasteiger partial charge in [0.1, 0.15) is 17.1 Å². The predicted molar refractivity (Wildman–Crippen MR) is 144 cm³/mol. The lowest BCUT2D eigenvalue weighted by Crippen LogP contribution is -2.38. The number of carbonyl (C=O) groups is 2. The topological polar surface area (TPSA) is 113 Å². The van der Waals surface area contributed by atoms with Crippen molar-refractivity contribution in [3.63, 3.8) is 0 Å². The van der Waals surface area contributed by atoms with Crippen LogP contribution in [0.25, 0.3) is 11.0 Å². The van der Waals surface area contributed by atoms with Gasteiger partial charge in [-0.25, -0.2) is 14.8 Å². The molecule has 0 aliphatic heterocycles. The predicted octanol–water partition coefficient (Wildman–Crippen LogP) is 6.00. The van der Waals surface area contributed by atoms with Crippen molar-refractivity contribution in [3.05, 3.63) is 74.7 Å². The molecule has 4 aromatic rings. The van der Waals surface area contributed by atoms with Crippen molar-refractivity contribution in [2.75, 3.05) is 6.54 Å². The van der Waals surface area contributed by atoms with E-state index in [0.29, 0.717) is 23.4 Å². The van der Waals surface area contributed by atoms with Crippen molar-refractivity contribution in [1.29, 1.82) is 0 Å². The number of nitrogens with one attached hydrogen (secondary N) is 2. The van der Waals surface area contributed by atoms with Gasteiger partial charge in [0.2, 0.25) is 0 Å². The van der Waals surface area contributed by atoms with Crippen molar-refractivity contribution in [2.45, 2.75) is 52.1 Å². The second kappa shape index (κ2) is 11.8. The van der Waals surface area contributed by atoms with Crippen molar-refractivity contribution < 1.29 is 27.5 Å². The Labute approximate surface area is 236 Å². The fraction of sp³-hybridized carbons (Fsp3) is 0.346. The Morgan fingerprint density at radius 3 is 2.60 bits per heavy atom. The molecule has 14 heteroatoms. The van der Waals surface area contributed by atoms with E-state index in [0.717, 1.165) is 17.1 Å². The molecule has 0 unspecified atom stereocenters. The molecule has 0 bridgehead atoms. The molecule has 3 heterocycles. The number of hydrogen-bond acceptors (Lipinski definition) is 7. The molecule has 0 spiro atoms. The lowest BCUT2D eigenvalue weighted by Gasteiger charge is -2.26. The molecule has 0 radical (unpaired) electrons. The lowest BCUT2D eigenvalue weighted by atomic mass is 10.2. The summed E-state index contributed by atoms with van der Waals surface area (Å²) in [5, 5.41) is 4.52. The van der Waals surface area contributed by atoms with Gasteiger partial charge in [0.25, 0.3) is 5.91 Å². The highest BCUT2D eigenvalue weighted by Crippen LogP contribution is 2.31. The fourth-order valence-electron chi connectivity index (χ4n) is 3.59. The maximum absolute atomic E-state index is 12.9. The van der Waals surface area contributed by atoms with E-state index in [-0.39, 0.29) is 36.0 Å². The quantitative estimate of drug-likeness (QED) is 0.259. The number of pyridine rings is 1. The molecule has 0 saturated carbocycles. The third kappa shape index (κ3) is 7.69. The molecule has 0 aliphatic carbocycles. The van der Waals surface area contributed by atoms with E-state index in [4.69, 9.17) is 16.3 Å². The summed E-state index contributed by atoms with van der Waals surface area (Å²) >= 11 is 7.15. The fourth-order valence-corrected chi connectivity index (χ4v) is 4.59. The van der Waals surface area contributed by atoms with Gasteiger partial charge in [-0.3, -0.25) is 9.78 Å². The molecule has 1 aromatic carbocycles. The highest BCUT2D eigenvalue weighted by Gasteiger charge is 2.31. The number of ether oxygens (including phenoxy) is 1. The first kappa shape index (κ1) is 29.3. The van der Waals surface area contributed by atoms with Gasteiger partial charge >= 0.3 is 12.3 Å². The summed E-state index contributed by atoms with van der Waals surface area (Å²) in [6.07, 6.45) is -4.07. The van der Waals surface area contributed by atoms with Crippen molar-refractivity contribution in [2.24, 2.45) is 0 Å². The van der Waals surface area contributed by atoms with Crippen molar-refractivity contribution in [1.82, 2.24) is 30.2 Å². The summed E-state index contributed by atoms with van der Waals surface area (Å²) in [7, 11) is 0. The Kier molecular flexibility index (Phi) is 8.64. The third-order valence-corrected chi connectivity index (χ3v) is 6.71. The van der Waals surface area contributed by atoms with E-state index in [1.54, 1.807) is 26.2 Å². The molecule has 9 nitrogen and oxygen atoms in total. The first-order valence-corrected chi connectivity index (χ1v) is 13.4. The molecular weight excluding hydrogens is 569 g/mol. The second-order valence-electron chi connectivity index (χ2n) is 9.81. The first-order valence-electron chi connectivity index (χ1n) is 12.1. The van der Waals surface area contributed by atoms with Crippen LogP contribution in [0.1, 0.15) is 53.3 Å². The summed E-state index contributed by atoms with van der Waals surface area (Å²) in [6, 6.07) is 8.30. The SMILES string of the molecule is CC(C)(C)OC(=O)N(CCc1nc(C(=O)NCc2ncc(C(F)(F)F)cc2Cl)cs1)Cc1nc2ccccc2[nH]1. The van der Waals surface area contributed by atoms with Crippen LogP contribution in [-0.2, 0) is 30.4 Å². The van der Waals surface area contributed by atoms with Gasteiger partial charge in [0, 0.05) is 24.5 Å². The monoisotopic (exact) mass is 594 g/mol. The van der Waals surface area contributed by atoms with Gasteiger partial charge in [-0.1, -0.05) is 23.7 Å². The van der Waals surface area contributed by atoms with Gasteiger partial charge in [-0.15, -0.1) is 11.3 Å². The Balaban J connectivity index is 1.38. The molecule has 0 atom stereocenters. The van der Waals surface area contributed by atoms with Crippen LogP contribution in [0, 0.1) is 0 Å². The Morgan fingerprint density at radius 2 is 1.93 bits per heavy atom. The van der Waals surface area contributed by atoms with Crippen LogP contribution in [0.15, 0.2) is 41.9 Å². The number of H-pyrrole nitrogens is 1. The van der Waals surface area contributed by atoms with Crippen LogP contribution >= 0.6 is 22.9 Å². The number of para-hydroxylation sites is 2. The number of amides is 2. The summed E-state index contributed by atoms with van der Waals surface area (Å²) in [6.45, 7) is 5.61. The Bertz CT molecular complexity index is 1480. The lowest BCUT2D eigenvalue weighted by molar-refractivity contribution is -0.137. The molecule has 2 N–H and O–H groups in total. The number of alkyl halides is 3. The standard InChI is InChI=1S/C26H26ClF3N6O3S/c1-25(2,3)39-24(38)36(13-21-33-17-6-4-5-7-18(17)34-21)9-8-22-35-20(14-40-22)23(37)32-12-19-16(27)10-15(11-31-19)26(28,29)30/h4-7,10-11,14H,8-9,12-13H2,1-3H3,(H,32,37)(H,33,34). The summed E-state index contributed by atoms with van der Waals surface area (Å²) in [5.41, 5.74) is 0.189. The minimum atomic E-state index is -4.57. The Morgan fingerprint density at radius 1 is 1.18 bits per heavy atom. The van der Waals surface area contributed by atoms with E-state index >= 15 is 0 Å². The zero-order chi connectivity index (χ0) is 29.1. The number of aromatic amines is 1. The van der Waals surface area contributed by atoms with Crippen LogP contribution in [0.4, 0.5) is 18.0 Å². The molecule has 0 aliphatic rings. The van der Waals surface area contributed by atoms with Gasteiger partial charge in [-0.05, 0) is 39.0 Å². The molecular formula is C26H26ClF3N6O3S. The van der Waals surface area contributed by atoms with Crippen LogP contribution in [0.5, 0.6) is 0 Å². The molecule has 0 fully saturated rings. The highest BCUT2D eigenvalue weighted by molar-refractivity contribution is 7.09. The van der Waals surface area contributed by atoms with Gasteiger partial charge in [0.15, 0.2) is 0 Å². The van der Waals surface area contributed by atoms with E-state index in [9.17, 15) is 22.8 Å². The number of hydrogen-bond donors (Lipinski definition) is 2. The highest BCUT2D eigenvalue weighted by atomic mass is 35.5. The molecule has 4 rings (SSSR count). The van der Waals surface area contributed by atoms with Crippen LogP contribution < -0.4 is 5.32 Å². The zero-order valence-electron chi connectivity index (χ0n) is 21.8. The molecule has 0 saturated heterocycles. The molecule has 3 aromatic heterocycles. The van der Waals surface area contributed by atoms with Crippen molar-refractivity contribution >= 4 is 46.0 Å². The average Bonchev–Trinajstić information content (AvgIpc) is 3.50. The van der Waals surface area contributed by atoms with E-state index in [1.165, 1.54) is 16.2 Å². The van der Waals surface area contributed by atoms with E-state index < -0.39 is 29.3 Å². The molecule has 2 amide bonds. The smallest absolute Gasteiger partial charge is 0.417 e. The van der Waals surface area contributed by atoms with Gasteiger partial charge < -0.3 is 19.9 Å². The molecule has 40 heavy (non-hydrogen) atoms. The second-order valence-corrected chi connectivity index (χ2v) is 11.2. The minimum Gasteiger partial charge on any atom is -0.444 e. The van der Waals surface area contributed by atoms with Gasteiger partial charge in [0.05, 0.1) is 45.4 Å².